The molecule has 2 fully saturated rings. The van der Waals surface area contributed by atoms with Gasteiger partial charge in [0.15, 0.2) is 0 Å². The number of rotatable bonds is 5. The Balaban J connectivity index is 1.77. The van der Waals surface area contributed by atoms with Crippen LogP contribution in [0.4, 0.5) is 17.8 Å². The average molecular weight is 291 g/mol. The minimum atomic E-state index is 0.429. The lowest BCUT2D eigenvalue weighted by atomic mass is 10.3. The molecule has 2 aliphatic rings. The Labute approximate surface area is 126 Å². The maximum Gasteiger partial charge on any atom is 0.231 e. The third-order valence-electron chi connectivity index (χ3n) is 4.07. The molecule has 1 aromatic rings. The molecule has 1 atom stereocenters. The van der Waals surface area contributed by atoms with Crippen molar-refractivity contribution in [1.29, 1.82) is 0 Å². The van der Waals surface area contributed by atoms with Gasteiger partial charge in [-0.2, -0.15) is 15.0 Å². The van der Waals surface area contributed by atoms with Gasteiger partial charge in [0.25, 0.3) is 0 Å². The SMILES string of the molecule is CCNc1nc(NC2CCN(C)C2)nc(N2CCCC2)n1. The molecule has 116 valence electrons. The largest absolute Gasteiger partial charge is 0.354 e. The minimum absolute atomic E-state index is 0.429. The second kappa shape index (κ2) is 6.43. The summed E-state index contributed by atoms with van der Waals surface area (Å²) in [5.74, 6) is 2.17. The number of nitrogens with one attached hydrogen (secondary N) is 2. The van der Waals surface area contributed by atoms with Crippen LogP contribution in [0.3, 0.4) is 0 Å². The van der Waals surface area contributed by atoms with Crippen molar-refractivity contribution in [3.8, 4) is 0 Å². The Morgan fingerprint density at radius 2 is 1.86 bits per heavy atom. The predicted molar refractivity (Wildman–Crippen MR) is 85.0 cm³/mol. The van der Waals surface area contributed by atoms with Crippen LogP contribution in [0.5, 0.6) is 0 Å². The van der Waals surface area contributed by atoms with Gasteiger partial charge in [0.05, 0.1) is 0 Å². The minimum Gasteiger partial charge on any atom is -0.354 e. The van der Waals surface area contributed by atoms with Crippen LogP contribution in [0.25, 0.3) is 0 Å². The molecule has 0 saturated carbocycles. The Kier molecular flexibility index (Phi) is 4.38. The van der Waals surface area contributed by atoms with Crippen LogP contribution < -0.4 is 15.5 Å². The highest BCUT2D eigenvalue weighted by Crippen LogP contribution is 2.20. The molecule has 0 spiro atoms. The molecular formula is C14H25N7. The van der Waals surface area contributed by atoms with Crippen molar-refractivity contribution in [2.45, 2.75) is 32.2 Å². The summed E-state index contributed by atoms with van der Waals surface area (Å²) in [6.07, 6.45) is 3.58. The van der Waals surface area contributed by atoms with Crippen molar-refractivity contribution in [2.24, 2.45) is 0 Å². The summed E-state index contributed by atoms with van der Waals surface area (Å²) < 4.78 is 0. The van der Waals surface area contributed by atoms with E-state index in [4.69, 9.17) is 0 Å². The van der Waals surface area contributed by atoms with Crippen LogP contribution in [0.2, 0.25) is 0 Å². The Morgan fingerprint density at radius 3 is 2.52 bits per heavy atom. The summed E-state index contributed by atoms with van der Waals surface area (Å²) >= 11 is 0. The second-order valence-corrected chi connectivity index (χ2v) is 5.90. The van der Waals surface area contributed by atoms with Gasteiger partial charge in [-0.25, -0.2) is 0 Å². The Morgan fingerprint density at radius 1 is 1.10 bits per heavy atom. The van der Waals surface area contributed by atoms with Gasteiger partial charge < -0.3 is 20.4 Å². The van der Waals surface area contributed by atoms with Crippen molar-refractivity contribution < 1.29 is 0 Å². The van der Waals surface area contributed by atoms with Gasteiger partial charge in [0.2, 0.25) is 17.8 Å². The standard InChI is InChI=1S/C14H25N7/c1-3-15-12-17-13(16-11-6-9-20(2)10-11)19-14(18-12)21-7-4-5-8-21/h11H,3-10H2,1-2H3,(H2,15,16,17,18,19). The van der Waals surface area contributed by atoms with Crippen LogP contribution in [0.15, 0.2) is 0 Å². The summed E-state index contributed by atoms with van der Waals surface area (Å²) in [6.45, 7) is 7.12. The molecule has 2 saturated heterocycles. The summed E-state index contributed by atoms with van der Waals surface area (Å²) in [5.41, 5.74) is 0. The van der Waals surface area contributed by atoms with Gasteiger partial charge in [-0.3, -0.25) is 0 Å². The van der Waals surface area contributed by atoms with E-state index in [1.54, 1.807) is 0 Å². The van der Waals surface area contributed by atoms with E-state index < -0.39 is 0 Å². The van der Waals surface area contributed by atoms with Gasteiger partial charge in [-0.15, -0.1) is 0 Å². The highest BCUT2D eigenvalue weighted by molar-refractivity contribution is 5.44. The molecule has 3 rings (SSSR count). The van der Waals surface area contributed by atoms with Crippen LogP contribution >= 0.6 is 0 Å². The molecule has 21 heavy (non-hydrogen) atoms. The van der Waals surface area contributed by atoms with Gasteiger partial charge in [0, 0.05) is 32.2 Å². The van der Waals surface area contributed by atoms with E-state index in [1.165, 1.54) is 12.8 Å². The fourth-order valence-electron chi connectivity index (χ4n) is 2.96. The third-order valence-corrected chi connectivity index (χ3v) is 4.07. The average Bonchev–Trinajstić information content (AvgIpc) is 3.11. The van der Waals surface area contributed by atoms with E-state index in [0.29, 0.717) is 17.9 Å². The number of likely N-dealkylation sites (tertiary alicyclic amines) is 1. The molecule has 0 bridgehead atoms. The maximum absolute atomic E-state index is 4.62. The van der Waals surface area contributed by atoms with Crippen molar-refractivity contribution in [3.05, 3.63) is 0 Å². The molecule has 3 heterocycles. The monoisotopic (exact) mass is 291 g/mol. The van der Waals surface area contributed by atoms with Gasteiger partial charge >= 0.3 is 0 Å². The topological polar surface area (TPSA) is 69.2 Å². The Bertz CT molecular complexity index is 472. The summed E-state index contributed by atoms with van der Waals surface area (Å²) in [5, 5.41) is 6.67. The van der Waals surface area contributed by atoms with E-state index in [0.717, 1.165) is 45.1 Å². The van der Waals surface area contributed by atoms with Crippen LogP contribution in [0, 0.1) is 0 Å². The van der Waals surface area contributed by atoms with Gasteiger partial charge in [-0.05, 0) is 39.8 Å². The van der Waals surface area contributed by atoms with Crippen molar-refractivity contribution >= 4 is 17.8 Å². The quantitative estimate of drug-likeness (QED) is 0.839. The first-order chi connectivity index (χ1) is 10.2. The molecular weight excluding hydrogens is 266 g/mol. The molecule has 0 aliphatic carbocycles. The summed E-state index contributed by atoms with van der Waals surface area (Å²) in [4.78, 5) is 18.2. The van der Waals surface area contributed by atoms with Crippen LogP contribution in [-0.4, -0.2) is 65.7 Å². The van der Waals surface area contributed by atoms with E-state index in [9.17, 15) is 0 Å². The second-order valence-electron chi connectivity index (χ2n) is 5.90. The first-order valence-corrected chi connectivity index (χ1v) is 7.94. The van der Waals surface area contributed by atoms with Crippen molar-refractivity contribution in [1.82, 2.24) is 19.9 Å². The fraction of sp³-hybridized carbons (Fsp3) is 0.786. The number of likely N-dealkylation sites (N-methyl/N-ethyl adjacent to an activating group) is 1. The normalized spacial score (nSPS) is 22.8. The van der Waals surface area contributed by atoms with Crippen LogP contribution in [0.1, 0.15) is 26.2 Å². The van der Waals surface area contributed by atoms with E-state index in [-0.39, 0.29) is 0 Å². The van der Waals surface area contributed by atoms with Crippen molar-refractivity contribution in [3.63, 3.8) is 0 Å². The number of anilines is 3. The molecule has 2 N–H and O–H groups in total. The van der Waals surface area contributed by atoms with E-state index >= 15 is 0 Å². The summed E-state index contributed by atoms with van der Waals surface area (Å²) in [7, 11) is 2.15. The molecule has 0 aromatic carbocycles. The fourth-order valence-corrected chi connectivity index (χ4v) is 2.96. The lowest BCUT2D eigenvalue weighted by Crippen LogP contribution is -2.26. The first-order valence-electron chi connectivity index (χ1n) is 7.94. The predicted octanol–water partition coefficient (Wildman–Crippen LogP) is 1.02. The van der Waals surface area contributed by atoms with E-state index in [1.807, 2.05) is 0 Å². The lowest BCUT2D eigenvalue weighted by Gasteiger charge is -2.18. The smallest absolute Gasteiger partial charge is 0.231 e. The Hall–Kier alpha value is -1.63. The molecule has 0 amide bonds. The molecule has 7 nitrogen and oxygen atoms in total. The molecule has 0 radical (unpaired) electrons. The van der Waals surface area contributed by atoms with E-state index in [2.05, 4.69) is 49.4 Å². The number of hydrogen-bond acceptors (Lipinski definition) is 7. The van der Waals surface area contributed by atoms with Crippen LogP contribution in [-0.2, 0) is 0 Å². The third kappa shape index (κ3) is 3.53. The summed E-state index contributed by atoms with van der Waals surface area (Å²) in [6, 6.07) is 0.429. The molecule has 1 unspecified atom stereocenters. The molecule has 1 aromatic heterocycles. The zero-order valence-electron chi connectivity index (χ0n) is 13.0. The zero-order valence-corrected chi connectivity index (χ0v) is 13.0. The highest BCUT2D eigenvalue weighted by atomic mass is 15.3. The lowest BCUT2D eigenvalue weighted by molar-refractivity contribution is 0.414. The maximum atomic E-state index is 4.62. The van der Waals surface area contributed by atoms with Gasteiger partial charge in [-0.1, -0.05) is 0 Å². The number of nitrogens with zero attached hydrogens (tertiary/aromatic N) is 5. The number of aromatic nitrogens is 3. The highest BCUT2D eigenvalue weighted by Gasteiger charge is 2.22. The molecule has 2 aliphatic heterocycles. The number of hydrogen-bond donors (Lipinski definition) is 2. The van der Waals surface area contributed by atoms with Crippen molar-refractivity contribution in [2.75, 3.05) is 55.3 Å². The first kappa shape index (κ1) is 14.3. The molecule has 7 heteroatoms. The van der Waals surface area contributed by atoms with Gasteiger partial charge in [0.1, 0.15) is 0 Å². The zero-order chi connectivity index (χ0) is 14.7.